The molecule has 2 rings (SSSR count). The Kier molecular flexibility index (Phi) is 9.34. The molecule has 0 atom stereocenters. The molecule has 0 amide bonds. The van der Waals surface area contributed by atoms with Gasteiger partial charge in [0.15, 0.2) is 0 Å². The molecule has 1 nitrogen and oxygen atoms in total. The second-order valence-electron chi connectivity index (χ2n) is 8.10. The van der Waals surface area contributed by atoms with Gasteiger partial charge < -0.3 is 4.74 Å². The molecule has 0 unspecified atom stereocenters. The molecule has 0 aromatic heterocycles. The highest BCUT2D eigenvalue weighted by Gasteiger charge is 2.24. The molecule has 2 fully saturated rings. The van der Waals surface area contributed by atoms with E-state index in [-0.39, 0.29) is 0 Å². The quantitative estimate of drug-likeness (QED) is 0.331. The summed E-state index contributed by atoms with van der Waals surface area (Å²) in [5.74, 6) is 2.91. The first-order valence-corrected chi connectivity index (χ1v) is 10.6. The maximum Gasteiger partial charge on any atom is 0.0575 e. The Labute approximate surface area is 145 Å². The predicted molar refractivity (Wildman–Crippen MR) is 101 cm³/mol. The maximum atomic E-state index is 6.06. The molecule has 0 heterocycles. The summed E-state index contributed by atoms with van der Waals surface area (Å²) in [6.07, 6.45) is 23.4. The lowest BCUT2D eigenvalue weighted by Crippen LogP contribution is -2.23. The van der Waals surface area contributed by atoms with Crippen molar-refractivity contribution in [1.29, 1.82) is 0 Å². The molecule has 0 saturated heterocycles. The van der Waals surface area contributed by atoms with Crippen LogP contribution in [0, 0.1) is 17.8 Å². The number of unbranched alkanes of at least 4 members (excludes halogenated alkanes) is 2. The smallest absolute Gasteiger partial charge is 0.0575 e. The average molecular weight is 321 g/mol. The maximum absolute atomic E-state index is 6.06. The standard InChI is InChI=1S/C22H40O/c1-3-5-6-18-23-22-16-14-21(15-17-22)13-12-20-10-8-19(7-4-2)9-11-20/h4,7,19-22H,3,5-6,8-18H2,1-2H3/b7-4+. The third-order valence-corrected chi connectivity index (χ3v) is 6.23. The van der Waals surface area contributed by atoms with Crippen molar-refractivity contribution in [2.24, 2.45) is 17.8 Å². The van der Waals surface area contributed by atoms with Crippen LogP contribution in [-0.4, -0.2) is 12.7 Å². The summed E-state index contributed by atoms with van der Waals surface area (Å²) in [4.78, 5) is 0. The fourth-order valence-electron chi connectivity index (χ4n) is 4.60. The van der Waals surface area contributed by atoms with Crippen LogP contribution in [0.1, 0.15) is 97.3 Å². The van der Waals surface area contributed by atoms with E-state index in [9.17, 15) is 0 Å². The molecule has 0 aromatic carbocycles. The van der Waals surface area contributed by atoms with E-state index in [4.69, 9.17) is 4.74 Å². The van der Waals surface area contributed by atoms with Gasteiger partial charge in [0.25, 0.3) is 0 Å². The first kappa shape index (κ1) is 19.0. The van der Waals surface area contributed by atoms with E-state index in [1.165, 1.54) is 83.5 Å². The molecule has 0 radical (unpaired) electrons. The Morgan fingerprint density at radius 2 is 1.43 bits per heavy atom. The Morgan fingerprint density at radius 1 is 0.826 bits per heavy atom. The minimum Gasteiger partial charge on any atom is -0.378 e. The number of ether oxygens (including phenoxy) is 1. The molecule has 0 bridgehead atoms. The minimum atomic E-state index is 0.583. The zero-order chi connectivity index (χ0) is 16.3. The van der Waals surface area contributed by atoms with Crippen LogP contribution in [0.5, 0.6) is 0 Å². The van der Waals surface area contributed by atoms with E-state index in [0.717, 1.165) is 24.4 Å². The van der Waals surface area contributed by atoms with Gasteiger partial charge in [0.1, 0.15) is 0 Å². The van der Waals surface area contributed by atoms with Crippen LogP contribution >= 0.6 is 0 Å². The van der Waals surface area contributed by atoms with Gasteiger partial charge in [-0.05, 0) is 82.5 Å². The van der Waals surface area contributed by atoms with Crippen molar-refractivity contribution in [3.8, 4) is 0 Å². The summed E-state index contributed by atoms with van der Waals surface area (Å²) < 4.78 is 6.06. The van der Waals surface area contributed by atoms with Gasteiger partial charge in [0.2, 0.25) is 0 Å². The Hall–Kier alpha value is -0.300. The molecule has 23 heavy (non-hydrogen) atoms. The molecule has 2 aliphatic carbocycles. The van der Waals surface area contributed by atoms with E-state index < -0.39 is 0 Å². The molecule has 0 aliphatic heterocycles. The Balaban J connectivity index is 1.51. The van der Waals surface area contributed by atoms with E-state index in [1.54, 1.807) is 0 Å². The van der Waals surface area contributed by atoms with Crippen LogP contribution in [0.2, 0.25) is 0 Å². The molecule has 0 aromatic rings. The van der Waals surface area contributed by atoms with Gasteiger partial charge in [0.05, 0.1) is 6.10 Å². The minimum absolute atomic E-state index is 0.583. The molecule has 0 spiro atoms. The van der Waals surface area contributed by atoms with Gasteiger partial charge in [-0.2, -0.15) is 0 Å². The van der Waals surface area contributed by atoms with Crippen molar-refractivity contribution in [2.75, 3.05) is 6.61 Å². The van der Waals surface area contributed by atoms with E-state index in [2.05, 4.69) is 26.0 Å². The second kappa shape index (κ2) is 11.3. The highest BCUT2D eigenvalue weighted by atomic mass is 16.5. The first-order valence-electron chi connectivity index (χ1n) is 10.6. The summed E-state index contributed by atoms with van der Waals surface area (Å²) in [5, 5.41) is 0. The van der Waals surface area contributed by atoms with Crippen molar-refractivity contribution >= 4 is 0 Å². The largest absolute Gasteiger partial charge is 0.378 e. The summed E-state index contributed by atoms with van der Waals surface area (Å²) in [6, 6.07) is 0. The van der Waals surface area contributed by atoms with Gasteiger partial charge >= 0.3 is 0 Å². The summed E-state index contributed by atoms with van der Waals surface area (Å²) >= 11 is 0. The normalized spacial score (nSPS) is 32.4. The monoisotopic (exact) mass is 320 g/mol. The van der Waals surface area contributed by atoms with E-state index in [1.807, 2.05) is 0 Å². The van der Waals surface area contributed by atoms with E-state index >= 15 is 0 Å². The third kappa shape index (κ3) is 7.42. The van der Waals surface area contributed by atoms with Crippen LogP contribution < -0.4 is 0 Å². The van der Waals surface area contributed by atoms with E-state index in [0.29, 0.717) is 6.10 Å². The van der Waals surface area contributed by atoms with Crippen molar-refractivity contribution in [2.45, 2.75) is 103 Å². The molecule has 1 heteroatoms. The average Bonchev–Trinajstić information content (AvgIpc) is 2.59. The Morgan fingerprint density at radius 3 is 2.00 bits per heavy atom. The lowest BCUT2D eigenvalue weighted by Gasteiger charge is -2.31. The van der Waals surface area contributed by atoms with Crippen molar-refractivity contribution < 1.29 is 4.74 Å². The molecule has 134 valence electrons. The SMILES string of the molecule is C/C=C/C1CCC(CCC2CCC(OCCCCC)CC2)CC1. The predicted octanol–water partition coefficient (Wildman–Crippen LogP) is 6.91. The summed E-state index contributed by atoms with van der Waals surface area (Å²) in [5.41, 5.74) is 0. The first-order chi connectivity index (χ1) is 11.3. The molecule has 2 saturated carbocycles. The van der Waals surface area contributed by atoms with Crippen LogP contribution in [0.4, 0.5) is 0 Å². The summed E-state index contributed by atoms with van der Waals surface area (Å²) in [7, 11) is 0. The van der Waals surface area contributed by atoms with Gasteiger partial charge in [-0.1, -0.05) is 44.8 Å². The molecular formula is C22H40O. The van der Waals surface area contributed by atoms with Gasteiger partial charge in [-0.3, -0.25) is 0 Å². The highest BCUT2D eigenvalue weighted by molar-refractivity contribution is 4.89. The molecule has 2 aliphatic rings. The van der Waals surface area contributed by atoms with Crippen molar-refractivity contribution in [3.63, 3.8) is 0 Å². The van der Waals surface area contributed by atoms with Crippen LogP contribution in [0.15, 0.2) is 12.2 Å². The lowest BCUT2D eigenvalue weighted by molar-refractivity contribution is 0.0146. The second-order valence-corrected chi connectivity index (χ2v) is 8.10. The topological polar surface area (TPSA) is 9.23 Å². The molecule has 0 N–H and O–H groups in total. The molecular weight excluding hydrogens is 280 g/mol. The van der Waals surface area contributed by atoms with Crippen LogP contribution in [0.25, 0.3) is 0 Å². The van der Waals surface area contributed by atoms with Crippen molar-refractivity contribution in [3.05, 3.63) is 12.2 Å². The Bertz CT molecular complexity index is 306. The lowest BCUT2D eigenvalue weighted by atomic mass is 9.77. The van der Waals surface area contributed by atoms with Gasteiger partial charge in [-0.15, -0.1) is 0 Å². The van der Waals surface area contributed by atoms with Crippen LogP contribution in [0.3, 0.4) is 0 Å². The fourth-order valence-corrected chi connectivity index (χ4v) is 4.60. The number of allylic oxidation sites excluding steroid dienone is 2. The number of hydrogen-bond acceptors (Lipinski definition) is 1. The zero-order valence-electron chi connectivity index (χ0n) is 15.8. The zero-order valence-corrected chi connectivity index (χ0v) is 15.8. The van der Waals surface area contributed by atoms with Gasteiger partial charge in [-0.25, -0.2) is 0 Å². The summed E-state index contributed by atoms with van der Waals surface area (Å²) in [6.45, 7) is 5.42. The third-order valence-electron chi connectivity index (χ3n) is 6.23. The highest BCUT2D eigenvalue weighted by Crippen LogP contribution is 2.36. The fraction of sp³-hybridized carbons (Fsp3) is 0.909. The number of rotatable bonds is 9. The van der Waals surface area contributed by atoms with Crippen LogP contribution in [-0.2, 0) is 4.74 Å². The number of hydrogen-bond donors (Lipinski definition) is 0. The van der Waals surface area contributed by atoms with Gasteiger partial charge in [0, 0.05) is 6.61 Å². The van der Waals surface area contributed by atoms with Crippen molar-refractivity contribution in [1.82, 2.24) is 0 Å².